The molecule has 1 aromatic rings. The van der Waals surface area contributed by atoms with Gasteiger partial charge in [-0.3, -0.25) is 5.01 Å². The molecule has 0 unspecified atom stereocenters. The quantitative estimate of drug-likeness (QED) is 0.710. The number of hydrazone groups is 1. The lowest BCUT2D eigenvalue weighted by Crippen LogP contribution is -2.07. The molecule has 3 nitrogen and oxygen atoms in total. The molecule has 14 heavy (non-hydrogen) atoms. The van der Waals surface area contributed by atoms with Gasteiger partial charge in [0, 0.05) is 7.05 Å². The molecule has 0 aromatic heterocycles. The molecule has 1 aliphatic heterocycles. The van der Waals surface area contributed by atoms with E-state index in [4.69, 9.17) is 4.74 Å². The molecule has 74 valence electrons. The van der Waals surface area contributed by atoms with E-state index in [1.807, 2.05) is 19.2 Å². The smallest absolute Gasteiger partial charge is 0.212 e. The van der Waals surface area contributed by atoms with Gasteiger partial charge in [-0.25, -0.2) is 0 Å². The van der Waals surface area contributed by atoms with Crippen molar-refractivity contribution in [2.24, 2.45) is 5.10 Å². The summed E-state index contributed by atoms with van der Waals surface area (Å²) in [5, 5.41) is 6.05. The number of rotatable bonds is 2. The van der Waals surface area contributed by atoms with E-state index in [1.165, 1.54) is 11.1 Å². The minimum atomic E-state index is 0.571. The Hall–Kier alpha value is -1.51. The predicted molar refractivity (Wildman–Crippen MR) is 56.0 cm³/mol. The third-order valence-corrected chi connectivity index (χ3v) is 2.30. The van der Waals surface area contributed by atoms with Gasteiger partial charge < -0.3 is 4.74 Å². The SMILES string of the molecule is Cc1ccccc1CC1=NN(C)CO1. The van der Waals surface area contributed by atoms with Crippen LogP contribution in [0.25, 0.3) is 0 Å². The average Bonchev–Trinajstić information content (AvgIpc) is 2.56. The van der Waals surface area contributed by atoms with Crippen molar-refractivity contribution in [3.05, 3.63) is 35.4 Å². The molecule has 0 aliphatic carbocycles. The average molecular weight is 190 g/mol. The maximum atomic E-state index is 5.40. The van der Waals surface area contributed by atoms with Crippen molar-refractivity contribution in [2.45, 2.75) is 13.3 Å². The second-order valence-electron chi connectivity index (χ2n) is 3.53. The Kier molecular flexibility index (Phi) is 2.39. The molecule has 0 saturated carbocycles. The minimum absolute atomic E-state index is 0.571. The fraction of sp³-hybridized carbons (Fsp3) is 0.364. The van der Waals surface area contributed by atoms with E-state index in [0.717, 1.165) is 12.3 Å². The van der Waals surface area contributed by atoms with Crippen LogP contribution in [0.4, 0.5) is 0 Å². The zero-order valence-electron chi connectivity index (χ0n) is 8.53. The highest BCUT2D eigenvalue weighted by atomic mass is 16.5. The molecular weight excluding hydrogens is 176 g/mol. The summed E-state index contributed by atoms with van der Waals surface area (Å²) in [7, 11) is 1.91. The molecule has 3 heteroatoms. The van der Waals surface area contributed by atoms with Crippen molar-refractivity contribution in [2.75, 3.05) is 13.8 Å². The molecule has 0 fully saturated rings. The van der Waals surface area contributed by atoms with Crippen LogP contribution in [0.1, 0.15) is 11.1 Å². The minimum Gasteiger partial charge on any atom is -0.457 e. The van der Waals surface area contributed by atoms with Crippen molar-refractivity contribution in [1.29, 1.82) is 0 Å². The first-order valence-electron chi connectivity index (χ1n) is 4.71. The van der Waals surface area contributed by atoms with Crippen molar-refractivity contribution >= 4 is 5.90 Å². The second kappa shape index (κ2) is 3.70. The maximum Gasteiger partial charge on any atom is 0.212 e. The van der Waals surface area contributed by atoms with Crippen LogP contribution in [0.2, 0.25) is 0 Å². The van der Waals surface area contributed by atoms with Gasteiger partial charge >= 0.3 is 0 Å². The zero-order valence-corrected chi connectivity index (χ0v) is 8.53. The van der Waals surface area contributed by atoms with Gasteiger partial charge in [-0.1, -0.05) is 24.3 Å². The maximum absolute atomic E-state index is 5.40. The first-order valence-corrected chi connectivity index (χ1v) is 4.71. The van der Waals surface area contributed by atoms with Crippen molar-refractivity contribution in [3.8, 4) is 0 Å². The second-order valence-corrected chi connectivity index (χ2v) is 3.53. The lowest BCUT2D eigenvalue weighted by Gasteiger charge is -2.03. The van der Waals surface area contributed by atoms with Crippen LogP contribution < -0.4 is 0 Å². The van der Waals surface area contributed by atoms with E-state index in [-0.39, 0.29) is 0 Å². The summed E-state index contributed by atoms with van der Waals surface area (Å²) >= 11 is 0. The summed E-state index contributed by atoms with van der Waals surface area (Å²) in [5.74, 6) is 0.807. The summed E-state index contributed by atoms with van der Waals surface area (Å²) in [6, 6.07) is 8.30. The van der Waals surface area contributed by atoms with Gasteiger partial charge in [-0.05, 0) is 18.1 Å². The Morgan fingerprint density at radius 2 is 2.21 bits per heavy atom. The summed E-state index contributed by atoms with van der Waals surface area (Å²) < 4.78 is 5.40. The van der Waals surface area contributed by atoms with Crippen LogP contribution in [0.5, 0.6) is 0 Å². The van der Waals surface area contributed by atoms with Gasteiger partial charge in [-0.15, -0.1) is 5.10 Å². The molecule has 0 radical (unpaired) electrons. The number of hydrogen-bond donors (Lipinski definition) is 0. The molecule has 0 N–H and O–H groups in total. The van der Waals surface area contributed by atoms with Gasteiger partial charge in [0.25, 0.3) is 0 Å². The topological polar surface area (TPSA) is 24.8 Å². The summed E-state index contributed by atoms with van der Waals surface area (Å²) in [5.41, 5.74) is 2.56. The fourth-order valence-corrected chi connectivity index (χ4v) is 1.47. The lowest BCUT2D eigenvalue weighted by atomic mass is 10.1. The van der Waals surface area contributed by atoms with Crippen LogP contribution in [-0.2, 0) is 11.2 Å². The molecule has 0 bridgehead atoms. The monoisotopic (exact) mass is 190 g/mol. The van der Waals surface area contributed by atoms with Crippen LogP contribution in [0.3, 0.4) is 0 Å². The van der Waals surface area contributed by atoms with Gasteiger partial charge in [-0.2, -0.15) is 0 Å². The van der Waals surface area contributed by atoms with Crippen LogP contribution in [0, 0.1) is 6.92 Å². The number of nitrogens with zero attached hydrogens (tertiary/aromatic N) is 2. The molecule has 1 aliphatic rings. The standard InChI is InChI=1S/C11H14N2O/c1-9-5-3-4-6-10(9)7-11-12-13(2)8-14-11/h3-6H,7-8H2,1-2H3. The lowest BCUT2D eigenvalue weighted by molar-refractivity contribution is 0.196. The molecule has 0 amide bonds. The van der Waals surface area contributed by atoms with Gasteiger partial charge in [0.1, 0.15) is 0 Å². The van der Waals surface area contributed by atoms with E-state index in [1.54, 1.807) is 5.01 Å². The van der Waals surface area contributed by atoms with Crippen LogP contribution in [0.15, 0.2) is 29.4 Å². The first-order chi connectivity index (χ1) is 6.75. The van der Waals surface area contributed by atoms with Crippen LogP contribution >= 0.6 is 0 Å². The Morgan fingerprint density at radius 1 is 1.43 bits per heavy atom. The fourth-order valence-electron chi connectivity index (χ4n) is 1.47. The molecule has 2 rings (SSSR count). The van der Waals surface area contributed by atoms with E-state index in [9.17, 15) is 0 Å². The molecular formula is C11H14N2O. The number of ether oxygens (including phenoxy) is 1. The van der Waals surface area contributed by atoms with E-state index in [2.05, 4.69) is 24.2 Å². The molecule has 0 saturated heterocycles. The molecule has 1 aromatic carbocycles. The highest BCUT2D eigenvalue weighted by molar-refractivity contribution is 5.79. The summed E-state index contributed by atoms with van der Waals surface area (Å²) in [6.45, 7) is 2.68. The predicted octanol–water partition coefficient (Wildman–Crippen LogP) is 1.77. The zero-order chi connectivity index (χ0) is 9.97. The Labute approximate surface area is 84.0 Å². The van der Waals surface area contributed by atoms with Crippen LogP contribution in [-0.4, -0.2) is 24.7 Å². The molecule has 1 heterocycles. The highest BCUT2D eigenvalue weighted by Gasteiger charge is 2.12. The first kappa shape index (κ1) is 9.06. The van der Waals surface area contributed by atoms with E-state index < -0.39 is 0 Å². The molecule has 0 atom stereocenters. The summed E-state index contributed by atoms with van der Waals surface area (Å²) in [4.78, 5) is 0. The Balaban J connectivity index is 2.12. The highest BCUT2D eigenvalue weighted by Crippen LogP contribution is 2.11. The van der Waals surface area contributed by atoms with Crippen molar-refractivity contribution in [3.63, 3.8) is 0 Å². The Morgan fingerprint density at radius 3 is 2.86 bits per heavy atom. The van der Waals surface area contributed by atoms with Crippen molar-refractivity contribution < 1.29 is 4.74 Å². The number of hydrogen-bond acceptors (Lipinski definition) is 3. The third kappa shape index (κ3) is 1.87. The van der Waals surface area contributed by atoms with E-state index >= 15 is 0 Å². The number of benzene rings is 1. The van der Waals surface area contributed by atoms with Gasteiger partial charge in [0.15, 0.2) is 6.73 Å². The number of aryl methyl sites for hydroxylation is 1. The Bertz CT molecular complexity index is 360. The third-order valence-electron chi connectivity index (χ3n) is 2.30. The van der Waals surface area contributed by atoms with Crippen molar-refractivity contribution in [1.82, 2.24) is 5.01 Å². The molecule has 0 spiro atoms. The van der Waals surface area contributed by atoms with E-state index in [0.29, 0.717) is 6.73 Å². The summed E-state index contributed by atoms with van der Waals surface area (Å²) in [6.07, 6.45) is 0.789. The van der Waals surface area contributed by atoms with Gasteiger partial charge in [0.05, 0.1) is 6.42 Å². The van der Waals surface area contributed by atoms with Gasteiger partial charge in [0.2, 0.25) is 5.90 Å². The normalized spacial score (nSPS) is 15.3. The largest absolute Gasteiger partial charge is 0.457 e.